The van der Waals surface area contributed by atoms with Crippen molar-refractivity contribution in [2.45, 2.75) is 90.6 Å². The summed E-state index contributed by atoms with van der Waals surface area (Å²) in [6.07, 6.45) is 2.43. The van der Waals surface area contributed by atoms with Crippen LogP contribution in [-0.2, 0) is 32.5 Å². The number of amides is 2. The molecule has 6 aromatic rings. The first-order valence-corrected chi connectivity index (χ1v) is 24.4. The third-order valence-electron chi connectivity index (χ3n) is 10.2. The molecular formula is C42H58N14O6S2. The minimum absolute atomic E-state index is 0.0607. The fourth-order valence-corrected chi connectivity index (χ4v) is 9.42. The van der Waals surface area contributed by atoms with E-state index in [1.807, 2.05) is 90.1 Å². The van der Waals surface area contributed by atoms with E-state index in [1.165, 1.54) is 18.9 Å². The number of aryl methyl sites for hydroxylation is 2. The number of carbonyl (C=O) groups excluding carboxylic acids is 2. The maximum Gasteiger partial charge on any atom is 0.339 e. The standard InChI is InChI=1S/2C21H29N7O3S/c2*1-5-11-26(4)20(29)28-16-17(22)24-19(32(23,31)12-6-2)25-18(16)27(21(28)30)13-15-9-7-14(3)8-10-15/h2*7-10,23H,5-6,11-13H2,1-4H3,(H2,22,24,25)/t2*32-/m11/s1. The average Bonchev–Trinajstić information content (AvgIpc) is 3.68. The van der Waals surface area contributed by atoms with Crippen molar-refractivity contribution in [3.63, 3.8) is 0 Å². The molecule has 2 amide bonds. The smallest absolute Gasteiger partial charge is 0.339 e. The van der Waals surface area contributed by atoms with Crippen molar-refractivity contribution in [2.75, 3.05) is 50.2 Å². The quantitative estimate of drug-likeness (QED) is 0.101. The Morgan fingerprint density at radius 1 is 0.594 bits per heavy atom. The first kappa shape index (κ1) is 48.6. The Labute approximate surface area is 372 Å². The molecule has 0 radical (unpaired) electrons. The zero-order chi connectivity index (χ0) is 47.3. The predicted molar refractivity (Wildman–Crippen MR) is 249 cm³/mol. The molecule has 4 aromatic heterocycles. The van der Waals surface area contributed by atoms with Gasteiger partial charge in [0.2, 0.25) is 10.3 Å². The first-order chi connectivity index (χ1) is 30.2. The number of nitrogens with one attached hydrogen (secondary N) is 2. The average molecular weight is 919 g/mol. The Morgan fingerprint density at radius 3 is 1.22 bits per heavy atom. The van der Waals surface area contributed by atoms with Gasteiger partial charge in [0.05, 0.1) is 13.1 Å². The summed E-state index contributed by atoms with van der Waals surface area (Å²) >= 11 is 0. The Hall–Kier alpha value is -6.42. The van der Waals surface area contributed by atoms with Crippen molar-refractivity contribution in [2.24, 2.45) is 0 Å². The molecule has 0 aliphatic carbocycles. The van der Waals surface area contributed by atoms with Crippen molar-refractivity contribution in [3.05, 3.63) is 91.8 Å². The summed E-state index contributed by atoms with van der Waals surface area (Å²) in [7, 11) is -3.38. The first-order valence-electron chi connectivity index (χ1n) is 20.9. The lowest BCUT2D eigenvalue weighted by atomic mass is 10.1. The van der Waals surface area contributed by atoms with Gasteiger partial charge in [0.15, 0.2) is 22.9 Å². The summed E-state index contributed by atoms with van der Waals surface area (Å²) in [5.41, 5.74) is 15.2. The third kappa shape index (κ3) is 10.2. The Bertz CT molecular complexity index is 2820. The summed E-state index contributed by atoms with van der Waals surface area (Å²) in [5, 5.41) is -0.456. The van der Waals surface area contributed by atoms with Crippen LogP contribution in [-0.4, -0.2) is 107 Å². The topological polar surface area (TPSA) is 280 Å². The third-order valence-corrected chi connectivity index (χ3v) is 13.7. The molecule has 6 rings (SSSR count). The highest BCUT2D eigenvalue weighted by Gasteiger charge is 2.29. The van der Waals surface area contributed by atoms with Gasteiger partial charge in [-0.3, -0.25) is 9.13 Å². The number of fused-ring (bicyclic) bond motifs is 2. The normalized spacial score (nSPS) is 13.2. The molecule has 0 saturated heterocycles. The zero-order valence-corrected chi connectivity index (χ0v) is 39.2. The van der Waals surface area contributed by atoms with Crippen molar-refractivity contribution in [1.82, 2.24) is 48.0 Å². The second kappa shape index (κ2) is 20.0. The molecule has 0 aliphatic rings. The molecule has 344 valence electrons. The molecule has 64 heavy (non-hydrogen) atoms. The van der Waals surface area contributed by atoms with Gasteiger partial charge in [-0.1, -0.05) is 87.4 Å². The highest BCUT2D eigenvalue weighted by atomic mass is 32.2. The second-order valence-corrected chi connectivity index (χ2v) is 19.9. The maximum atomic E-state index is 13.4. The highest BCUT2D eigenvalue weighted by molar-refractivity contribution is 7.92. The number of nitrogen functional groups attached to an aromatic ring is 2. The van der Waals surface area contributed by atoms with Crippen molar-refractivity contribution < 1.29 is 18.0 Å². The van der Waals surface area contributed by atoms with Crippen LogP contribution in [0, 0.1) is 23.4 Å². The van der Waals surface area contributed by atoms with Gasteiger partial charge in [0.25, 0.3) is 0 Å². The fourth-order valence-electron chi connectivity index (χ4n) is 6.95. The predicted octanol–water partition coefficient (Wildman–Crippen LogP) is 5.31. The van der Waals surface area contributed by atoms with E-state index in [4.69, 9.17) is 21.0 Å². The zero-order valence-electron chi connectivity index (χ0n) is 37.6. The van der Waals surface area contributed by atoms with Crippen LogP contribution in [0.25, 0.3) is 22.3 Å². The molecule has 2 atom stereocenters. The van der Waals surface area contributed by atoms with Crippen LogP contribution >= 0.6 is 0 Å². The van der Waals surface area contributed by atoms with Crippen LogP contribution in [0.5, 0.6) is 0 Å². The molecule has 0 bridgehead atoms. The number of anilines is 2. The van der Waals surface area contributed by atoms with Gasteiger partial charge in [0.1, 0.15) is 30.5 Å². The summed E-state index contributed by atoms with van der Waals surface area (Å²) in [4.78, 5) is 72.6. The van der Waals surface area contributed by atoms with Gasteiger partial charge in [-0.05, 0) is 50.7 Å². The molecular weight excluding hydrogens is 861 g/mol. The van der Waals surface area contributed by atoms with Crippen molar-refractivity contribution in [1.29, 1.82) is 9.56 Å². The molecule has 2 aromatic carbocycles. The highest BCUT2D eigenvalue weighted by Crippen LogP contribution is 2.24. The second-order valence-electron chi connectivity index (χ2n) is 15.7. The minimum atomic E-state index is -3.29. The van der Waals surface area contributed by atoms with Gasteiger partial charge in [-0.2, -0.15) is 9.97 Å². The minimum Gasteiger partial charge on any atom is -0.382 e. The van der Waals surface area contributed by atoms with Crippen LogP contribution in [0.15, 0.2) is 68.4 Å². The number of hydrogen-bond acceptors (Lipinski definition) is 14. The van der Waals surface area contributed by atoms with E-state index >= 15 is 0 Å². The van der Waals surface area contributed by atoms with Crippen molar-refractivity contribution >= 4 is 65.5 Å². The molecule has 0 spiro atoms. The molecule has 0 fully saturated rings. The summed E-state index contributed by atoms with van der Waals surface area (Å²) in [6, 6.07) is 14.1. The summed E-state index contributed by atoms with van der Waals surface area (Å²) in [6.45, 7) is 12.6. The summed E-state index contributed by atoms with van der Waals surface area (Å²) < 4.78 is 46.6. The lowest BCUT2D eigenvalue weighted by Crippen LogP contribution is -2.38. The van der Waals surface area contributed by atoms with Crippen LogP contribution < -0.4 is 22.8 Å². The molecule has 0 aliphatic heterocycles. The molecule has 6 N–H and O–H groups in total. The van der Waals surface area contributed by atoms with Gasteiger partial charge in [-0.15, -0.1) is 0 Å². The number of benzene rings is 2. The lowest BCUT2D eigenvalue weighted by Gasteiger charge is -2.16. The number of aromatic nitrogens is 8. The number of hydrogen-bond donors (Lipinski definition) is 4. The van der Waals surface area contributed by atoms with Gasteiger partial charge >= 0.3 is 23.4 Å². The SMILES string of the molecule is CCCN(C)C(=O)n1c(=O)n(Cc2ccc(C)cc2)c2nc([S@](=N)(=O)CCC)nc(N)c21.CCCN(C)C(=O)n1c(=O)n(Cc2ccc(C)cc2)c2nc([S@](=N)(=O)CCC)nc(N)c21. The Balaban J connectivity index is 0.000000241. The Kier molecular flexibility index (Phi) is 15.2. The fraction of sp³-hybridized carbons (Fsp3) is 0.429. The van der Waals surface area contributed by atoms with E-state index in [1.54, 1.807) is 14.1 Å². The largest absolute Gasteiger partial charge is 0.382 e. The molecule has 4 heterocycles. The number of nitrogens with two attached hydrogens (primary N) is 2. The van der Waals surface area contributed by atoms with Gasteiger partial charge in [0, 0.05) is 38.7 Å². The monoisotopic (exact) mass is 918 g/mol. The van der Waals surface area contributed by atoms with Crippen LogP contribution in [0.4, 0.5) is 21.2 Å². The number of rotatable bonds is 14. The van der Waals surface area contributed by atoms with E-state index in [9.17, 15) is 27.6 Å². The number of imidazole rings is 2. The Morgan fingerprint density at radius 2 is 0.922 bits per heavy atom. The summed E-state index contributed by atoms with van der Waals surface area (Å²) in [5.74, 6) is -0.170. The van der Waals surface area contributed by atoms with Gasteiger partial charge in [-0.25, -0.2) is 56.3 Å². The van der Waals surface area contributed by atoms with E-state index in [-0.39, 0.29) is 68.9 Å². The van der Waals surface area contributed by atoms with Crippen LogP contribution in [0.3, 0.4) is 0 Å². The van der Waals surface area contributed by atoms with E-state index in [0.29, 0.717) is 38.8 Å². The molecule has 20 nitrogen and oxygen atoms in total. The number of carbonyl (C=O) groups is 2. The maximum absolute atomic E-state index is 13.4. The van der Waals surface area contributed by atoms with E-state index < -0.39 is 42.9 Å². The lowest BCUT2D eigenvalue weighted by molar-refractivity contribution is 0.210. The number of nitrogens with zero attached hydrogens (tertiary/aromatic N) is 10. The molecule has 22 heteroatoms. The van der Waals surface area contributed by atoms with Crippen LogP contribution in [0.1, 0.15) is 75.6 Å². The van der Waals surface area contributed by atoms with Crippen molar-refractivity contribution in [3.8, 4) is 0 Å². The van der Waals surface area contributed by atoms with Gasteiger partial charge < -0.3 is 21.3 Å². The van der Waals surface area contributed by atoms with E-state index in [0.717, 1.165) is 31.4 Å². The molecule has 0 saturated carbocycles. The molecule has 0 unspecified atom stereocenters. The van der Waals surface area contributed by atoms with E-state index in [2.05, 4.69) is 19.9 Å². The van der Waals surface area contributed by atoms with Crippen LogP contribution in [0.2, 0.25) is 0 Å².